The first-order chi connectivity index (χ1) is 8.06. The Kier molecular flexibility index (Phi) is 5.65. The zero-order valence-corrected chi connectivity index (χ0v) is 11.6. The molecule has 0 spiro atoms. The van der Waals surface area contributed by atoms with Crippen LogP contribution in [0.4, 0.5) is 0 Å². The molecular weight excluding hydrogens is 282 g/mol. The van der Waals surface area contributed by atoms with Crippen LogP contribution in [0, 0.1) is 5.92 Å². The summed E-state index contributed by atoms with van der Waals surface area (Å²) in [7, 11) is 0. The highest BCUT2D eigenvalue weighted by molar-refractivity contribution is 9.10. The lowest BCUT2D eigenvalue weighted by atomic mass is 10.1. The van der Waals surface area contributed by atoms with Crippen LogP contribution in [0.5, 0.6) is 0 Å². The number of halogens is 1. The van der Waals surface area contributed by atoms with Gasteiger partial charge in [0.2, 0.25) is 5.91 Å². The number of benzene rings is 1. The predicted molar refractivity (Wildman–Crippen MR) is 72.0 cm³/mol. The Bertz CT molecular complexity index is 354. The quantitative estimate of drug-likeness (QED) is 0.820. The normalized spacial score (nSPS) is 14.4. The van der Waals surface area contributed by atoms with E-state index in [0.717, 1.165) is 5.56 Å². The molecule has 0 heterocycles. The van der Waals surface area contributed by atoms with Gasteiger partial charge in [-0.15, -0.1) is 0 Å². The Morgan fingerprint density at radius 1 is 1.35 bits per heavy atom. The largest absolute Gasteiger partial charge is 0.394 e. The van der Waals surface area contributed by atoms with Crippen molar-refractivity contribution in [2.45, 2.75) is 24.7 Å². The second-order valence-electron chi connectivity index (χ2n) is 4.30. The van der Waals surface area contributed by atoms with Crippen LogP contribution in [0.25, 0.3) is 0 Å². The van der Waals surface area contributed by atoms with Crippen molar-refractivity contribution in [3.63, 3.8) is 0 Å². The molecule has 2 atom stereocenters. The molecule has 2 N–H and O–H groups in total. The van der Waals surface area contributed by atoms with Crippen molar-refractivity contribution in [3.8, 4) is 0 Å². The zero-order chi connectivity index (χ0) is 12.8. The molecule has 94 valence electrons. The lowest BCUT2D eigenvalue weighted by Gasteiger charge is -2.20. The van der Waals surface area contributed by atoms with Gasteiger partial charge in [0.05, 0.1) is 17.5 Å². The number of carbonyl (C=O) groups excluding carboxylic acids is 1. The highest BCUT2D eigenvalue weighted by Gasteiger charge is 2.21. The van der Waals surface area contributed by atoms with Crippen molar-refractivity contribution in [1.82, 2.24) is 5.32 Å². The van der Waals surface area contributed by atoms with Gasteiger partial charge in [-0.1, -0.05) is 60.1 Å². The van der Waals surface area contributed by atoms with Gasteiger partial charge in [-0.05, 0) is 11.5 Å². The summed E-state index contributed by atoms with van der Waals surface area (Å²) in [5, 5.41) is 12.1. The number of aliphatic hydroxyl groups is 1. The molecule has 0 aliphatic heterocycles. The van der Waals surface area contributed by atoms with E-state index < -0.39 is 0 Å². The molecule has 0 aliphatic rings. The Morgan fingerprint density at radius 3 is 2.41 bits per heavy atom. The maximum absolute atomic E-state index is 11.9. The van der Waals surface area contributed by atoms with Gasteiger partial charge in [0, 0.05) is 0 Å². The van der Waals surface area contributed by atoms with Crippen LogP contribution in [0.2, 0.25) is 0 Å². The van der Waals surface area contributed by atoms with E-state index >= 15 is 0 Å². The van der Waals surface area contributed by atoms with Gasteiger partial charge < -0.3 is 10.4 Å². The van der Waals surface area contributed by atoms with E-state index in [-0.39, 0.29) is 29.3 Å². The zero-order valence-electron chi connectivity index (χ0n) is 10.1. The molecule has 1 aromatic carbocycles. The highest BCUT2D eigenvalue weighted by atomic mass is 79.9. The number of carbonyl (C=O) groups is 1. The molecular formula is C13H18BrNO2. The van der Waals surface area contributed by atoms with Crippen LogP contribution < -0.4 is 5.32 Å². The van der Waals surface area contributed by atoms with E-state index in [4.69, 9.17) is 0 Å². The van der Waals surface area contributed by atoms with Crippen molar-refractivity contribution in [2.24, 2.45) is 5.92 Å². The van der Waals surface area contributed by atoms with Crippen LogP contribution in [0.15, 0.2) is 30.3 Å². The second-order valence-corrected chi connectivity index (χ2v) is 5.29. The van der Waals surface area contributed by atoms with Crippen molar-refractivity contribution in [1.29, 1.82) is 0 Å². The number of hydrogen-bond donors (Lipinski definition) is 2. The molecule has 1 amide bonds. The molecule has 0 saturated heterocycles. The number of hydrogen-bond acceptors (Lipinski definition) is 2. The van der Waals surface area contributed by atoms with Crippen LogP contribution in [0.1, 0.15) is 25.5 Å². The molecule has 1 rings (SSSR count). The van der Waals surface area contributed by atoms with Crippen LogP contribution >= 0.6 is 15.9 Å². The fraction of sp³-hybridized carbons (Fsp3) is 0.462. The van der Waals surface area contributed by atoms with Gasteiger partial charge in [0.15, 0.2) is 0 Å². The van der Waals surface area contributed by atoms with Crippen LogP contribution in [-0.4, -0.2) is 22.4 Å². The first-order valence-corrected chi connectivity index (χ1v) is 6.58. The summed E-state index contributed by atoms with van der Waals surface area (Å²) in [4.78, 5) is 11.6. The van der Waals surface area contributed by atoms with Crippen molar-refractivity contribution >= 4 is 21.8 Å². The first-order valence-electron chi connectivity index (χ1n) is 5.66. The average molecular weight is 300 g/mol. The molecule has 0 bridgehead atoms. The topological polar surface area (TPSA) is 49.3 Å². The predicted octanol–water partition coefficient (Wildman–Crippen LogP) is 2.26. The average Bonchev–Trinajstić information content (AvgIpc) is 2.35. The van der Waals surface area contributed by atoms with Gasteiger partial charge in [-0.3, -0.25) is 4.79 Å². The maximum atomic E-state index is 11.9. The standard InChI is InChI=1S/C13H18BrNO2/c1-9(2)12(14)13(17)15-11(8-16)10-6-4-3-5-7-10/h3-7,9,11-12,16H,8H2,1-2H3,(H,15,17)/t11-,12-/m0/s1. The Morgan fingerprint density at radius 2 is 1.94 bits per heavy atom. The second kappa shape index (κ2) is 6.77. The van der Waals surface area contributed by atoms with E-state index in [1.165, 1.54) is 0 Å². The number of aliphatic hydroxyl groups excluding tert-OH is 1. The minimum atomic E-state index is -0.345. The lowest BCUT2D eigenvalue weighted by molar-refractivity contribution is -0.122. The van der Waals surface area contributed by atoms with Crippen LogP contribution in [0.3, 0.4) is 0 Å². The molecule has 0 fully saturated rings. The SMILES string of the molecule is CC(C)[C@H](Br)C(=O)N[C@@H](CO)c1ccccc1. The number of amides is 1. The summed E-state index contributed by atoms with van der Waals surface area (Å²) in [5.41, 5.74) is 0.909. The fourth-order valence-corrected chi connectivity index (χ4v) is 1.61. The van der Waals surface area contributed by atoms with Gasteiger partial charge in [0.25, 0.3) is 0 Å². The van der Waals surface area contributed by atoms with Gasteiger partial charge >= 0.3 is 0 Å². The molecule has 0 saturated carbocycles. The summed E-state index contributed by atoms with van der Waals surface area (Å²) in [6.07, 6.45) is 0. The van der Waals surface area contributed by atoms with Gasteiger partial charge in [-0.2, -0.15) is 0 Å². The van der Waals surface area contributed by atoms with E-state index in [1.54, 1.807) is 0 Å². The summed E-state index contributed by atoms with van der Waals surface area (Å²) in [5.74, 6) is 0.119. The van der Waals surface area contributed by atoms with Gasteiger partial charge in [0.1, 0.15) is 0 Å². The molecule has 0 aromatic heterocycles. The molecule has 17 heavy (non-hydrogen) atoms. The minimum absolute atomic E-state index is 0.0945. The number of alkyl halides is 1. The summed E-state index contributed by atoms with van der Waals surface area (Å²) < 4.78 is 0. The van der Waals surface area contributed by atoms with Crippen molar-refractivity contribution in [2.75, 3.05) is 6.61 Å². The van der Waals surface area contributed by atoms with E-state index in [0.29, 0.717) is 0 Å². The molecule has 3 nitrogen and oxygen atoms in total. The minimum Gasteiger partial charge on any atom is -0.394 e. The lowest BCUT2D eigenvalue weighted by Crippen LogP contribution is -2.38. The molecule has 0 unspecified atom stereocenters. The Balaban J connectivity index is 2.68. The third-order valence-electron chi connectivity index (χ3n) is 2.54. The fourth-order valence-electron chi connectivity index (χ4n) is 1.47. The van der Waals surface area contributed by atoms with Gasteiger partial charge in [-0.25, -0.2) is 0 Å². The van der Waals surface area contributed by atoms with Crippen molar-refractivity contribution in [3.05, 3.63) is 35.9 Å². The smallest absolute Gasteiger partial charge is 0.234 e. The third-order valence-corrected chi connectivity index (χ3v) is 4.01. The summed E-state index contributed by atoms with van der Waals surface area (Å²) in [6.45, 7) is 3.83. The molecule has 4 heteroatoms. The maximum Gasteiger partial charge on any atom is 0.234 e. The monoisotopic (exact) mass is 299 g/mol. The molecule has 1 aromatic rings. The van der Waals surface area contributed by atoms with E-state index in [2.05, 4.69) is 21.2 Å². The van der Waals surface area contributed by atoms with E-state index in [9.17, 15) is 9.90 Å². The van der Waals surface area contributed by atoms with Crippen LogP contribution in [-0.2, 0) is 4.79 Å². The highest BCUT2D eigenvalue weighted by Crippen LogP contribution is 2.16. The first kappa shape index (κ1) is 14.2. The molecule has 0 radical (unpaired) electrons. The Hall–Kier alpha value is -0.870. The summed E-state index contributed by atoms with van der Waals surface area (Å²) in [6, 6.07) is 9.11. The molecule has 0 aliphatic carbocycles. The Labute approximate surface area is 110 Å². The summed E-state index contributed by atoms with van der Waals surface area (Å²) >= 11 is 3.34. The van der Waals surface area contributed by atoms with E-state index in [1.807, 2.05) is 44.2 Å². The third kappa shape index (κ3) is 4.13. The van der Waals surface area contributed by atoms with Crippen molar-refractivity contribution < 1.29 is 9.90 Å². The number of nitrogens with one attached hydrogen (secondary N) is 1. The number of rotatable bonds is 5.